The van der Waals surface area contributed by atoms with Crippen molar-refractivity contribution < 1.29 is 27.5 Å². The van der Waals surface area contributed by atoms with Gasteiger partial charge in [-0.3, -0.25) is 19.4 Å². The van der Waals surface area contributed by atoms with Crippen LogP contribution in [0.4, 0.5) is 5.69 Å². The summed E-state index contributed by atoms with van der Waals surface area (Å²) < 4.78 is 30.8. The maximum Gasteiger partial charge on any atom is 0.325 e. The van der Waals surface area contributed by atoms with Crippen LogP contribution in [-0.4, -0.2) is 81.2 Å². The number of ether oxygens (including phenoxy) is 1. The summed E-state index contributed by atoms with van der Waals surface area (Å²) in [6.45, 7) is 2.79. The van der Waals surface area contributed by atoms with E-state index in [1.165, 1.54) is 13.2 Å². The molecule has 2 aromatic carbocycles. The molecule has 0 radical (unpaired) electrons. The number of benzene rings is 2. The molecule has 0 bridgehead atoms. The highest BCUT2D eigenvalue weighted by Crippen LogP contribution is 2.25. The van der Waals surface area contributed by atoms with Crippen LogP contribution in [0.5, 0.6) is 0 Å². The Balaban J connectivity index is 1.47. The smallest absolute Gasteiger partial charge is 0.325 e. The monoisotopic (exact) mass is 586 g/mol. The predicted molar refractivity (Wildman–Crippen MR) is 152 cm³/mol. The molecular formula is C28H31ClN4O6S. The standard InChI is InChI=1S/C28H31ClN4O6S/c1-19-13-23(7-9-30-19)32-10-11-33(24(18-32)16-26(34)31-17-28(36)39-2)27(35)8-12-40(37,38)25-6-4-20-14-22(29)5-3-21(20)15-25/h3-7,9,13-15,24H,8,10-12,16-18H2,1-2H3,(H,31,34). The number of esters is 1. The summed E-state index contributed by atoms with van der Waals surface area (Å²) in [6.07, 6.45) is 1.42. The molecule has 1 aliphatic rings. The van der Waals surface area contributed by atoms with E-state index in [1.54, 1.807) is 41.4 Å². The molecule has 4 rings (SSSR count). The number of hydrogen-bond donors (Lipinski definition) is 1. The van der Waals surface area contributed by atoms with Crippen LogP contribution in [0, 0.1) is 6.92 Å². The third-order valence-corrected chi connectivity index (χ3v) is 8.79. The fourth-order valence-electron chi connectivity index (χ4n) is 4.72. The number of carbonyl (C=O) groups excluding carboxylic acids is 3. The molecule has 0 spiro atoms. The summed E-state index contributed by atoms with van der Waals surface area (Å²) in [6, 6.07) is 13.3. The molecule has 1 N–H and O–H groups in total. The molecule has 2 heterocycles. The lowest BCUT2D eigenvalue weighted by Crippen LogP contribution is -2.56. The number of halogens is 1. The van der Waals surface area contributed by atoms with Gasteiger partial charge in [-0.25, -0.2) is 8.42 Å². The van der Waals surface area contributed by atoms with Crippen LogP contribution in [0.25, 0.3) is 10.8 Å². The van der Waals surface area contributed by atoms with Gasteiger partial charge in [-0.1, -0.05) is 23.7 Å². The molecule has 10 nitrogen and oxygen atoms in total. The number of rotatable bonds is 9. The Morgan fingerprint density at radius 1 is 1.07 bits per heavy atom. The quantitative estimate of drug-likeness (QED) is 0.379. The van der Waals surface area contributed by atoms with Crippen molar-refractivity contribution in [1.29, 1.82) is 0 Å². The molecule has 12 heteroatoms. The molecule has 0 aliphatic carbocycles. The van der Waals surface area contributed by atoms with Crippen LogP contribution in [0.3, 0.4) is 0 Å². The molecule has 1 aliphatic heterocycles. The SMILES string of the molecule is COC(=O)CNC(=O)CC1CN(c2ccnc(C)c2)CCN1C(=O)CCS(=O)(=O)c1ccc2cc(Cl)ccc2c1. The van der Waals surface area contributed by atoms with Gasteiger partial charge in [0.15, 0.2) is 9.84 Å². The maximum absolute atomic E-state index is 13.3. The zero-order chi connectivity index (χ0) is 28.9. The Labute approximate surface area is 238 Å². The minimum absolute atomic E-state index is 0.0523. The van der Waals surface area contributed by atoms with E-state index >= 15 is 0 Å². The fraction of sp³-hybridized carbons (Fsp3) is 0.357. The second-order valence-corrected chi connectivity index (χ2v) is 12.2. The van der Waals surface area contributed by atoms with Gasteiger partial charge in [0.1, 0.15) is 6.54 Å². The number of nitrogens with one attached hydrogen (secondary N) is 1. The van der Waals surface area contributed by atoms with Crippen molar-refractivity contribution in [3.05, 3.63) is 65.4 Å². The van der Waals surface area contributed by atoms with Crippen molar-refractivity contribution in [2.75, 3.05) is 43.9 Å². The number of anilines is 1. The third-order valence-electron chi connectivity index (χ3n) is 6.84. The average Bonchev–Trinajstić information content (AvgIpc) is 2.94. The lowest BCUT2D eigenvalue weighted by molar-refractivity contribution is -0.141. The highest BCUT2D eigenvalue weighted by molar-refractivity contribution is 7.91. The molecule has 40 heavy (non-hydrogen) atoms. The Hall–Kier alpha value is -3.70. The number of methoxy groups -OCH3 is 1. The lowest BCUT2D eigenvalue weighted by atomic mass is 10.1. The van der Waals surface area contributed by atoms with Crippen molar-refractivity contribution in [2.24, 2.45) is 0 Å². The first kappa shape index (κ1) is 29.3. The van der Waals surface area contributed by atoms with E-state index in [1.807, 2.05) is 19.1 Å². The number of sulfone groups is 1. The molecule has 1 aromatic heterocycles. The molecular weight excluding hydrogens is 556 g/mol. The van der Waals surface area contributed by atoms with Crippen LogP contribution >= 0.6 is 11.6 Å². The Bertz CT molecular complexity index is 1530. The Morgan fingerprint density at radius 3 is 2.58 bits per heavy atom. The highest BCUT2D eigenvalue weighted by atomic mass is 35.5. The maximum atomic E-state index is 13.3. The normalized spacial score (nSPS) is 15.6. The van der Waals surface area contributed by atoms with Gasteiger partial charge in [-0.05, 0) is 54.1 Å². The summed E-state index contributed by atoms with van der Waals surface area (Å²) in [7, 11) is -2.52. The number of nitrogens with zero attached hydrogens (tertiary/aromatic N) is 3. The first-order valence-electron chi connectivity index (χ1n) is 12.8. The lowest BCUT2D eigenvalue weighted by Gasteiger charge is -2.42. The predicted octanol–water partition coefficient (Wildman–Crippen LogP) is 2.76. The molecule has 0 saturated carbocycles. The van der Waals surface area contributed by atoms with Gasteiger partial charge in [0, 0.05) is 55.1 Å². The number of hydrogen-bond acceptors (Lipinski definition) is 8. The van der Waals surface area contributed by atoms with E-state index in [-0.39, 0.29) is 35.9 Å². The number of piperazine rings is 1. The van der Waals surface area contributed by atoms with Gasteiger partial charge in [-0.2, -0.15) is 0 Å². The van der Waals surface area contributed by atoms with E-state index in [0.29, 0.717) is 24.7 Å². The number of aryl methyl sites for hydroxylation is 1. The minimum Gasteiger partial charge on any atom is -0.468 e. The summed E-state index contributed by atoms with van der Waals surface area (Å²) in [5, 5.41) is 4.62. The van der Waals surface area contributed by atoms with E-state index in [9.17, 15) is 22.8 Å². The van der Waals surface area contributed by atoms with Gasteiger partial charge in [0.05, 0.1) is 23.8 Å². The van der Waals surface area contributed by atoms with Crippen LogP contribution in [0.2, 0.25) is 5.02 Å². The molecule has 3 aromatic rings. The second kappa shape index (κ2) is 12.6. The zero-order valence-corrected chi connectivity index (χ0v) is 23.9. The topological polar surface area (TPSA) is 126 Å². The summed E-state index contributed by atoms with van der Waals surface area (Å²) in [4.78, 5) is 45.4. The van der Waals surface area contributed by atoms with Gasteiger partial charge >= 0.3 is 5.97 Å². The van der Waals surface area contributed by atoms with Crippen LogP contribution in [-0.2, 0) is 29.0 Å². The second-order valence-electron chi connectivity index (χ2n) is 9.62. The number of carbonyl (C=O) groups is 3. The van der Waals surface area contributed by atoms with Crippen LogP contribution in [0.15, 0.2) is 59.6 Å². The number of amides is 2. The molecule has 1 unspecified atom stereocenters. The first-order valence-corrected chi connectivity index (χ1v) is 14.8. The first-order chi connectivity index (χ1) is 19.1. The van der Waals surface area contributed by atoms with E-state index < -0.39 is 27.8 Å². The van der Waals surface area contributed by atoms with Gasteiger partial charge in [0.2, 0.25) is 11.8 Å². The van der Waals surface area contributed by atoms with Crippen LogP contribution in [0.1, 0.15) is 18.5 Å². The number of pyridine rings is 1. The minimum atomic E-state index is -3.74. The molecule has 212 valence electrons. The largest absolute Gasteiger partial charge is 0.468 e. The number of fused-ring (bicyclic) bond motifs is 1. The van der Waals surface area contributed by atoms with Crippen molar-refractivity contribution in [3.63, 3.8) is 0 Å². The van der Waals surface area contributed by atoms with E-state index in [4.69, 9.17) is 11.6 Å². The van der Waals surface area contributed by atoms with Crippen molar-refractivity contribution in [2.45, 2.75) is 30.7 Å². The molecule has 1 atom stereocenters. The molecule has 1 saturated heterocycles. The Kier molecular flexibility index (Phi) is 9.26. The van der Waals surface area contributed by atoms with E-state index in [0.717, 1.165) is 22.2 Å². The summed E-state index contributed by atoms with van der Waals surface area (Å²) in [5.74, 6) is -1.71. The van der Waals surface area contributed by atoms with Gasteiger partial charge in [0.25, 0.3) is 0 Å². The van der Waals surface area contributed by atoms with Crippen molar-refractivity contribution in [3.8, 4) is 0 Å². The van der Waals surface area contributed by atoms with Crippen molar-refractivity contribution in [1.82, 2.24) is 15.2 Å². The van der Waals surface area contributed by atoms with Crippen LogP contribution < -0.4 is 10.2 Å². The van der Waals surface area contributed by atoms with E-state index in [2.05, 4.69) is 19.9 Å². The highest BCUT2D eigenvalue weighted by Gasteiger charge is 2.33. The summed E-state index contributed by atoms with van der Waals surface area (Å²) >= 11 is 6.03. The average molecular weight is 587 g/mol. The zero-order valence-electron chi connectivity index (χ0n) is 22.3. The Morgan fingerprint density at radius 2 is 1.82 bits per heavy atom. The summed E-state index contributed by atoms with van der Waals surface area (Å²) in [5.41, 5.74) is 1.75. The number of aromatic nitrogens is 1. The third kappa shape index (κ3) is 7.28. The van der Waals surface area contributed by atoms with Crippen molar-refractivity contribution >= 4 is 55.7 Å². The molecule has 2 amide bonds. The fourth-order valence-corrected chi connectivity index (χ4v) is 6.16. The molecule has 1 fully saturated rings. The van der Waals surface area contributed by atoms with Gasteiger partial charge in [-0.15, -0.1) is 0 Å². The van der Waals surface area contributed by atoms with Gasteiger partial charge < -0.3 is 19.9 Å².